The molecular weight excluding hydrogens is 212 g/mol. The fraction of sp³-hybridized carbons (Fsp3) is 0.700. The summed E-state index contributed by atoms with van der Waals surface area (Å²) in [6.45, 7) is 6.25. The molecule has 0 spiro atoms. The predicted molar refractivity (Wildman–Crippen MR) is 63.1 cm³/mol. The number of aliphatic imine (C=N–C) groups is 1. The van der Waals surface area contributed by atoms with E-state index in [-0.39, 0.29) is 12.1 Å². The molecule has 0 aromatic heterocycles. The first-order valence-electron chi connectivity index (χ1n) is 4.64. The van der Waals surface area contributed by atoms with Crippen molar-refractivity contribution in [3.05, 3.63) is 0 Å². The molecule has 0 saturated heterocycles. The summed E-state index contributed by atoms with van der Waals surface area (Å²) in [5, 5.41) is 0. The third kappa shape index (κ3) is 2.47. The Hall–Kier alpha value is -0.110. The normalized spacial score (nSPS) is 33.5. The van der Waals surface area contributed by atoms with Crippen LogP contribution in [0.3, 0.4) is 0 Å². The molecule has 4 unspecified atom stereocenters. The zero-order valence-electron chi connectivity index (χ0n) is 8.64. The summed E-state index contributed by atoms with van der Waals surface area (Å²) in [6.07, 6.45) is 5.76. The second kappa shape index (κ2) is 5.11. The summed E-state index contributed by atoms with van der Waals surface area (Å²) in [5.41, 5.74) is 3.02. The van der Waals surface area contributed by atoms with E-state index >= 15 is 0 Å². The van der Waals surface area contributed by atoms with E-state index in [9.17, 15) is 0 Å². The minimum atomic E-state index is 0.128. The quantitative estimate of drug-likeness (QED) is 0.629. The molecule has 0 saturated carbocycles. The molecule has 1 aliphatic heterocycles. The van der Waals surface area contributed by atoms with Gasteiger partial charge in [-0.2, -0.15) is 0 Å². The molecule has 0 aromatic carbocycles. The Labute approximate surface area is 89.1 Å². The second-order valence-corrected chi connectivity index (χ2v) is 4.91. The van der Waals surface area contributed by atoms with Crippen LogP contribution in [-0.2, 0) is 4.74 Å². The minimum absolute atomic E-state index is 0.128. The van der Waals surface area contributed by atoms with Crippen molar-refractivity contribution < 1.29 is 4.74 Å². The van der Waals surface area contributed by atoms with Gasteiger partial charge in [0.05, 0.1) is 0 Å². The monoisotopic (exact) mass is 226 g/mol. The Bertz CT molecular complexity index is 326. The molecule has 2 nitrogen and oxygen atoms in total. The van der Waals surface area contributed by atoms with Crippen LogP contribution in [0.5, 0.6) is 0 Å². The molecule has 74 valence electrons. The van der Waals surface area contributed by atoms with Crippen molar-refractivity contribution in [2.45, 2.75) is 38.6 Å². The van der Waals surface area contributed by atoms with Gasteiger partial charge in [0.1, 0.15) is 0 Å². The summed E-state index contributed by atoms with van der Waals surface area (Å²) in [5.74, 6) is 0.873. The molecule has 0 bridgehead atoms. The molecule has 1 aliphatic rings. The van der Waals surface area contributed by atoms with E-state index < -0.39 is 0 Å². The van der Waals surface area contributed by atoms with Crippen LogP contribution in [-0.4, -0.2) is 23.7 Å². The van der Waals surface area contributed by atoms with Crippen LogP contribution in [0.25, 0.3) is 0 Å². The molecule has 0 amide bonds. The summed E-state index contributed by atoms with van der Waals surface area (Å²) < 4.78 is 5.54. The zero-order chi connectivity index (χ0) is 10.7. The van der Waals surface area contributed by atoms with Gasteiger partial charge in [-0.25, -0.2) is 0 Å². The summed E-state index contributed by atoms with van der Waals surface area (Å²) in [6, 6.07) is 0.222. The van der Waals surface area contributed by atoms with E-state index in [1.165, 1.54) is 0 Å². The van der Waals surface area contributed by atoms with E-state index in [1.807, 2.05) is 6.92 Å². The Morgan fingerprint density at radius 3 is 2.71 bits per heavy atom. The first-order chi connectivity index (χ1) is 6.60. The molecule has 0 N–H and O–H groups in total. The van der Waals surface area contributed by atoms with E-state index in [1.54, 1.807) is 0 Å². The molecule has 1 rings (SSSR count). The van der Waals surface area contributed by atoms with Gasteiger partial charge < -0.3 is 0 Å². The molecule has 4 heteroatoms. The van der Waals surface area contributed by atoms with Crippen molar-refractivity contribution in [3.63, 3.8) is 0 Å². The Morgan fingerprint density at radius 1 is 1.64 bits per heavy atom. The van der Waals surface area contributed by atoms with Gasteiger partial charge in [0.15, 0.2) is 0 Å². The van der Waals surface area contributed by atoms with Gasteiger partial charge in [-0.15, -0.1) is 0 Å². The van der Waals surface area contributed by atoms with Gasteiger partial charge in [-0.05, 0) is 0 Å². The first-order valence-corrected chi connectivity index (χ1v) is 6.12. The van der Waals surface area contributed by atoms with Gasteiger partial charge in [0.25, 0.3) is 0 Å². The number of rotatable bonds is 1. The molecule has 0 aromatic rings. The maximum atomic E-state index is 5.63. The Morgan fingerprint density at radius 2 is 2.29 bits per heavy atom. The van der Waals surface area contributed by atoms with Gasteiger partial charge in [0, 0.05) is 0 Å². The van der Waals surface area contributed by atoms with Crippen molar-refractivity contribution in [2.75, 3.05) is 0 Å². The third-order valence-electron chi connectivity index (χ3n) is 2.61. The standard InChI is InChI=1S/C10H14NOP2/c1-6-10(8(3)14-4)7(2)12-9(5-13)11-6/h4,6-8,10H,1-3H3/q+1. The van der Waals surface area contributed by atoms with Crippen LogP contribution in [0.15, 0.2) is 4.99 Å². The topological polar surface area (TPSA) is 21.6 Å². The molecule has 0 fully saturated rings. The van der Waals surface area contributed by atoms with Crippen LogP contribution >= 0.6 is 16.7 Å². The van der Waals surface area contributed by atoms with Crippen molar-refractivity contribution >= 4 is 22.6 Å². The van der Waals surface area contributed by atoms with Gasteiger partial charge in [-0.1, -0.05) is 0 Å². The van der Waals surface area contributed by atoms with Crippen molar-refractivity contribution in [3.8, 4) is 11.8 Å². The van der Waals surface area contributed by atoms with Crippen molar-refractivity contribution in [1.29, 1.82) is 0 Å². The van der Waals surface area contributed by atoms with Gasteiger partial charge in [-0.3, -0.25) is 0 Å². The average molecular weight is 226 g/mol. The Balaban J connectivity index is 2.88. The number of hydrogen-bond acceptors (Lipinski definition) is 2. The molecule has 14 heavy (non-hydrogen) atoms. The fourth-order valence-corrected chi connectivity index (χ4v) is 2.70. The molecular formula is C10H14NOP2+. The van der Waals surface area contributed by atoms with E-state index in [4.69, 9.17) is 10.9 Å². The van der Waals surface area contributed by atoms with Crippen LogP contribution < -0.4 is 0 Å². The molecule has 0 radical (unpaired) electrons. The van der Waals surface area contributed by atoms with E-state index in [0.717, 1.165) is 8.04 Å². The molecule has 0 aliphatic carbocycles. The van der Waals surface area contributed by atoms with Crippen LogP contribution in [0.4, 0.5) is 0 Å². The number of ether oxygens (including phenoxy) is 1. The number of hydrogen-bond donors (Lipinski definition) is 0. The van der Waals surface area contributed by atoms with Crippen LogP contribution in [0.1, 0.15) is 20.8 Å². The van der Waals surface area contributed by atoms with Crippen LogP contribution in [0.2, 0.25) is 0 Å². The Kier molecular flexibility index (Phi) is 4.36. The van der Waals surface area contributed by atoms with E-state index in [0.29, 0.717) is 17.5 Å². The van der Waals surface area contributed by atoms with Crippen LogP contribution in [0, 0.1) is 17.7 Å². The predicted octanol–water partition coefficient (Wildman–Crippen LogP) is 3.10. The summed E-state index contributed by atoms with van der Waals surface area (Å²) in [7, 11) is 4.82. The number of nitrogens with zero attached hydrogens (tertiary/aromatic N) is 1. The SMILES string of the molecule is C#[P+]C(C)C1C(C)N=C(C#P)OC1C. The summed E-state index contributed by atoms with van der Waals surface area (Å²) in [4.78, 5) is 4.35. The van der Waals surface area contributed by atoms with Gasteiger partial charge in [0.2, 0.25) is 0 Å². The third-order valence-corrected chi connectivity index (χ3v) is 3.61. The first kappa shape index (κ1) is 12.0. The molecule has 1 heterocycles. The van der Waals surface area contributed by atoms with Crippen molar-refractivity contribution in [2.24, 2.45) is 10.9 Å². The second-order valence-electron chi connectivity index (χ2n) is 3.58. The zero-order valence-corrected chi connectivity index (χ0v) is 10.4. The maximum absolute atomic E-state index is 5.63. The van der Waals surface area contributed by atoms with Gasteiger partial charge >= 0.3 is 88.6 Å². The summed E-state index contributed by atoms with van der Waals surface area (Å²) >= 11 is 0. The molecule has 4 atom stereocenters. The average Bonchev–Trinajstić information content (AvgIpc) is 2.16. The van der Waals surface area contributed by atoms with E-state index in [2.05, 4.69) is 33.2 Å². The fourth-order valence-electron chi connectivity index (χ4n) is 1.90. The van der Waals surface area contributed by atoms with Crippen molar-refractivity contribution in [1.82, 2.24) is 0 Å².